The minimum Gasteiger partial charge on any atom is -0.490 e. The molecule has 0 spiro atoms. The largest absolute Gasteiger partial charge is 0.490 e. The number of aryl methyl sites for hydroxylation is 1. The van der Waals surface area contributed by atoms with Crippen LogP contribution in [0.1, 0.15) is 79.3 Å². The van der Waals surface area contributed by atoms with Gasteiger partial charge < -0.3 is 19.5 Å². The summed E-state index contributed by atoms with van der Waals surface area (Å²) in [5.41, 5.74) is 6.07. The van der Waals surface area contributed by atoms with Gasteiger partial charge in [0.1, 0.15) is 5.75 Å². The molecule has 3 aromatic rings. The molecule has 1 aliphatic heterocycles. The summed E-state index contributed by atoms with van der Waals surface area (Å²) in [5.74, 6) is 0.943. The first-order valence-corrected chi connectivity index (χ1v) is 13.0. The molecule has 34 heavy (non-hydrogen) atoms. The van der Waals surface area contributed by atoms with Crippen LogP contribution in [0.2, 0.25) is 0 Å². The van der Waals surface area contributed by atoms with Crippen molar-refractivity contribution in [2.75, 3.05) is 4.90 Å². The van der Waals surface area contributed by atoms with Crippen molar-refractivity contribution in [1.29, 1.82) is 0 Å². The fourth-order valence-corrected chi connectivity index (χ4v) is 6.18. The molecule has 6 rings (SSSR count). The predicted octanol–water partition coefficient (Wildman–Crippen LogP) is 6.33. The third-order valence-corrected chi connectivity index (χ3v) is 7.89. The van der Waals surface area contributed by atoms with E-state index in [9.17, 15) is 0 Å². The Morgan fingerprint density at radius 2 is 1.76 bits per heavy atom. The molecular formula is C28H32N4OS. The van der Waals surface area contributed by atoms with Gasteiger partial charge in [-0.25, -0.2) is 0 Å². The van der Waals surface area contributed by atoms with Gasteiger partial charge >= 0.3 is 0 Å². The number of nitrogens with zero attached hydrogens (tertiary/aromatic N) is 3. The van der Waals surface area contributed by atoms with Crippen LogP contribution in [0.5, 0.6) is 5.75 Å². The third-order valence-electron chi connectivity index (χ3n) is 7.57. The first kappa shape index (κ1) is 21.7. The fourth-order valence-electron chi connectivity index (χ4n) is 5.83. The number of benzene rings is 1. The lowest BCUT2D eigenvalue weighted by molar-refractivity contribution is 0.210. The van der Waals surface area contributed by atoms with Gasteiger partial charge in [0.2, 0.25) is 0 Å². The van der Waals surface area contributed by atoms with Crippen LogP contribution in [0.4, 0.5) is 5.69 Å². The molecule has 2 aromatic heterocycles. The van der Waals surface area contributed by atoms with Crippen molar-refractivity contribution in [3.63, 3.8) is 0 Å². The fraction of sp³-hybridized carbons (Fsp3) is 0.429. The zero-order chi connectivity index (χ0) is 23.2. The highest BCUT2D eigenvalue weighted by molar-refractivity contribution is 7.80. The van der Waals surface area contributed by atoms with E-state index in [1.165, 1.54) is 42.6 Å². The summed E-state index contributed by atoms with van der Waals surface area (Å²) in [6.07, 6.45) is 9.62. The molecule has 1 aromatic carbocycles. The molecule has 3 heterocycles. The molecule has 0 radical (unpaired) electrons. The Hall–Kier alpha value is -2.86. The second-order valence-electron chi connectivity index (χ2n) is 9.94. The van der Waals surface area contributed by atoms with Gasteiger partial charge in [0.05, 0.1) is 23.9 Å². The van der Waals surface area contributed by atoms with Crippen molar-refractivity contribution in [3.8, 4) is 5.75 Å². The maximum atomic E-state index is 6.21. The van der Waals surface area contributed by atoms with E-state index in [-0.39, 0.29) is 12.1 Å². The van der Waals surface area contributed by atoms with Crippen LogP contribution < -0.4 is 15.0 Å². The molecule has 2 aliphatic carbocycles. The van der Waals surface area contributed by atoms with E-state index in [1.807, 2.05) is 12.3 Å². The Labute approximate surface area is 207 Å². The average molecular weight is 473 g/mol. The smallest absolute Gasteiger partial charge is 0.174 e. The molecule has 0 bridgehead atoms. The molecule has 1 N–H and O–H groups in total. The highest BCUT2D eigenvalue weighted by Crippen LogP contribution is 2.46. The summed E-state index contributed by atoms with van der Waals surface area (Å²) in [7, 11) is 0. The van der Waals surface area contributed by atoms with Gasteiger partial charge in [-0.15, -0.1) is 0 Å². The second kappa shape index (κ2) is 8.73. The SMILES string of the molecule is Cc1cc([C@H]2[C@H](c3ccccn3)NC(=S)N2c2ccc(OC3CCCC3)cc2)c(C)n1C1CC1. The molecule has 176 valence electrons. The van der Waals surface area contributed by atoms with E-state index in [4.69, 9.17) is 21.9 Å². The normalized spacial score (nSPS) is 22.9. The van der Waals surface area contributed by atoms with Gasteiger partial charge in [0.15, 0.2) is 5.11 Å². The van der Waals surface area contributed by atoms with E-state index in [2.05, 4.69) is 71.1 Å². The molecule has 2 atom stereocenters. The number of rotatable bonds is 6. The van der Waals surface area contributed by atoms with E-state index < -0.39 is 0 Å². The highest BCUT2D eigenvalue weighted by Gasteiger charge is 2.43. The number of hydrogen-bond donors (Lipinski definition) is 1. The van der Waals surface area contributed by atoms with Crippen LogP contribution in [0.15, 0.2) is 54.7 Å². The van der Waals surface area contributed by atoms with Crippen molar-refractivity contribution >= 4 is 23.0 Å². The zero-order valence-electron chi connectivity index (χ0n) is 19.9. The maximum Gasteiger partial charge on any atom is 0.174 e. The lowest BCUT2D eigenvalue weighted by Gasteiger charge is -2.28. The molecule has 1 saturated heterocycles. The van der Waals surface area contributed by atoms with Gasteiger partial charge in [-0.3, -0.25) is 4.98 Å². The maximum absolute atomic E-state index is 6.21. The Bertz CT molecular complexity index is 1180. The van der Waals surface area contributed by atoms with Crippen molar-refractivity contribution in [3.05, 3.63) is 77.4 Å². The highest BCUT2D eigenvalue weighted by atomic mass is 32.1. The van der Waals surface area contributed by atoms with Crippen molar-refractivity contribution in [2.45, 2.75) is 76.6 Å². The van der Waals surface area contributed by atoms with Crippen molar-refractivity contribution < 1.29 is 4.74 Å². The van der Waals surface area contributed by atoms with Crippen LogP contribution in [-0.4, -0.2) is 20.8 Å². The number of hydrogen-bond acceptors (Lipinski definition) is 3. The van der Waals surface area contributed by atoms with Crippen LogP contribution >= 0.6 is 12.2 Å². The number of nitrogens with one attached hydrogen (secondary N) is 1. The molecule has 3 fully saturated rings. The van der Waals surface area contributed by atoms with Gasteiger partial charge in [-0.1, -0.05) is 6.07 Å². The second-order valence-corrected chi connectivity index (χ2v) is 10.3. The van der Waals surface area contributed by atoms with Crippen LogP contribution in [0.3, 0.4) is 0 Å². The van der Waals surface area contributed by atoms with Crippen LogP contribution in [-0.2, 0) is 0 Å². The summed E-state index contributed by atoms with van der Waals surface area (Å²) in [6, 6.07) is 17.6. The number of pyridine rings is 1. The minimum absolute atomic E-state index is 0.0173. The van der Waals surface area contributed by atoms with Gasteiger partial charge in [-0.2, -0.15) is 0 Å². The Kier molecular flexibility index (Phi) is 5.56. The Morgan fingerprint density at radius 3 is 2.44 bits per heavy atom. The standard InChI is InChI=1S/C28H32N4OS/c1-18-17-24(19(2)31(18)20-10-11-20)27-26(25-9-5-6-16-29-25)30-28(34)32(27)21-12-14-23(15-13-21)33-22-7-3-4-8-22/h5-6,9,12-17,20,22,26-27H,3-4,7-8,10-11H2,1-2H3,(H,30,34)/t26-,27-/m0/s1. The topological polar surface area (TPSA) is 42.3 Å². The first-order chi connectivity index (χ1) is 16.6. The van der Waals surface area contributed by atoms with E-state index in [0.29, 0.717) is 12.1 Å². The van der Waals surface area contributed by atoms with Gasteiger partial charge in [-0.05, 0) is 113 Å². The monoisotopic (exact) mass is 472 g/mol. The Morgan fingerprint density at radius 1 is 1.00 bits per heavy atom. The zero-order valence-corrected chi connectivity index (χ0v) is 20.7. The minimum atomic E-state index is -0.0173. The lowest BCUT2D eigenvalue weighted by atomic mass is 9.96. The first-order valence-electron chi connectivity index (χ1n) is 12.6. The predicted molar refractivity (Wildman–Crippen MR) is 139 cm³/mol. The van der Waals surface area contributed by atoms with Gasteiger partial charge in [0, 0.05) is 29.3 Å². The molecule has 3 aliphatic rings. The quantitative estimate of drug-likeness (QED) is 0.425. The number of anilines is 1. The summed E-state index contributed by atoms with van der Waals surface area (Å²) in [4.78, 5) is 6.97. The summed E-state index contributed by atoms with van der Waals surface area (Å²) in [5, 5.41) is 4.33. The molecule has 6 heteroatoms. The number of aromatic nitrogens is 2. The Balaban J connectivity index is 1.38. The number of ether oxygens (including phenoxy) is 1. The molecular weight excluding hydrogens is 440 g/mol. The van der Waals surface area contributed by atoms with E-state index in [0.717, 1.165) is 35.1 Å². The third kappa shape index (κ3) is 3.88. The van der Waals surface area contributed by atoms with Gasteiger partial charge in [0.25, 0.3) is 0 Å². The summed E-state index contributed by atoms with van der Waals surface area (Å²) >= 11 is 5.92. The van der Waals surface area contributed by atoms with Crippen molar-refractivity contribution in [1.82, 2.24) is 14.9 Å². The molecule has 0 amide bonds. The van der Waals surface area contributed by atoms with Crippen molar-refractivity contribution in [2.24, 2.45) is 0 Å². The lowest BCUT2D eigenvalue weighted by Crippen LogP contribution is -2.29. The van der Waals surface area contributed by atoms with E-state index in [1.54, 1.807) is 0 Å². The van der Waals surface area contributed by atoms with Crippen LogP contribution in [0, 0.1) is 13.8 Å². The summed E-state index contributed by atoms with van der Waals surface area (Å²) in [6.45, 7) is 4.49. The molecule has 0 unspecified atom stereocenters. The summed E-state index contributed by atoms with van der Waals surface area (Å²) < 4.78 is 8.73. The van der Waals surface area contributed by atoms with E-state index >= 15 is 0 Å². The molecule has 2 saturated carbocycles. The van der Waals surface area contributed by atoms with Crippen LogP contribution in [0.25, 0.3) is 0 Å². The average Bonchev–Trinajstić information content (AvgIpc) is 3.30. The number of thiocarbonyl (C=S) groups is 1. The molecule has 5 nitrogen and oxygen atoms in total.